The number of halogens is 1. The smallest absolute Gasteiger partial charge is 0.415 e. The number of piperidine rings is 1. The summed E-state index contributed by atoms with van der Waals surface area (Å²) in [7, 11) is 3.41. The second kappa shape index (κ2) is 15.4. The normalized spacial score (nSPS) is 25.9. The molecule has 0 radical (unpaired) electrons. The minimum absolute atomic E-state index is 0.0329. The topological polar surface area (TPSA) is 143 Å². The van der Waals surface area contributed by atoms with Crippen LogP contribution in [0.25, 0.3) is 32.9 Å². The number of alkyl carbamates (subject to hydrolysis) is 1. The molecule has 0 saturated carbocycles. The zero-order valence-electron chi connectivity index (χ0n) is 34.4. The average Bonchev–Trinajstić information content (AvgIpc) is 3.93. The number of likely N-dealkylation sites (tertiary alicyclic amines) is 1. The number of pyridine rings is 1. The highest BCUT2D eigenvalue weighted by molar-refractivity contribution is 6.02. The Morgan fingerprint density at radius 2 is 1.93 bits per heavy atom. The molecule has 0 aliphatic carbocycles. The van der Waals surface area contributed by atoms with Crippen molar-refractivity contribution in [2.75, 3.05) is 71.5 Å². The van der Waals surface area contributed by atoms with Crippen LogP contribution in [-0.4, -0.2) is 125 Å². The zero-order chi connectivity index (χ0) is 41.1. The number of nitrogens with one attached hydrogen (secondary N) is 1. The second-order valence-electron chi connectivity index (χ2n) is 17.9. The summed E-state index contributed by atoms with van der Waals surface area (Å²) in [6, 6.07) is 9.27. The van der Waals surface area contributed by atoms with Crippen LogP contribution < -0.4 is 19.7 Å². The van der Waals surface area contributed by atoms with Crippen LogP contribution in [0.5, 0.6) is 11.8 Å². The highest BCUT2D eigenvalue weighted by Crippen LogP contribution is 2.43. The lowest BCUT2D eigenvalue weighted by Crippen LogP contribution is -2.57. The van der Waals surface area contributed by atoms with E-state index in [-0.39, 0.29) is 53.5 Å². The first-order chi connectivity index (χ1) is 28.4. The lowest BCUT2D eigenvalue weighted by Gasteiger charge is -2.41. The molecule has 3 amide bonds. The summed E-state index contributed by atoms with van der Waals surface area (Å²) >= 11 is 0. The van der Waals surface area contributed by atoms with E-state index in [1.807, 2.05) is 25.1 Å². The molecular formula is C44H53FN8O6. The molecule has 1 unspecified atom stereocenters. The maximum Gasteiger partial charge on any atom is 0.415 e. The third-order valence-corrected chi connectivity index (χ3v) is 13.1. The maximum atomic E-state index is 17.6. The molecule has 14 nitrogen and oxygen atoms in total. The maximum absolute atomic E-state index is 17.6. The van der Waals surface area contributed by atoms with Crippen LogP contribution in [0.2, 0.25) is 0 Å². The molecule has 4 saturated heterocycles. The van der Waals surface area contributed by atoms with E-state index in [0.29, 0.717) is 73.6 Å². The summed E-state index contributed by atoms with van der Waals surface area (Å²) < 4.78 is 35.9. The first-order valence-corrected chi connectivity index (χ1v) is 21.1. The van der Waals surface area contributed by atoms with Crippen LogP contribution in [0.1, 0.15) is 64.4 Å². The van der Waals surface area contributed by atoms with Gasteiger partial charge < -0.3 is 34.2 Å². The van der Waals surface area contributed by atoms with Gasteiger partial charge in [0.1, 0.15) is 29.4 Å². The van der Waals surface area contributed by atoms with Crippen molar-refractivity contribution in [3.8, 4) is 23.0 Å². The Balaban J connectivity index is 1.16. The van der Waals surface area contributed by atoms with Gasteiger partial charge in [0.25, 0.3) is 0 Å². The molecule has 4 aromatic rings. The lowest BCUT2D eigenvalue weighted by molar-refractivity contribution is -0.132. The van der Waals surface area contributed by atoms with Crippen LogP contribution in [0.3, 0.4) is 0 Å². The van der Waals surface area contributed by atoms with Gasteiger partial charge in [-0.25, -0.2) is 14.0 Å². The zero-order valence-corrected chi connectivity index (χ0v) is 34.4. The fraction of sp³-hybridized carbons (Fsp3) is 0.545. The highest BCUT2D eigenvalue weighted by Gasteiger charge is 2.48. The van der Waals surface area contributed by atoms with Crippen LogP contribution >= 0.6 is 0 Å². The number of fused-ring (bicyclic) bond motifs is 7. The summed E-state index contributed by atoms with van der Waals surface area (Å²) in [5, 5.41) is 4.99. The number of anilines is 1. The van der Waals surface area contributed by atoms with E-state index in [9.17, 15) is 14.4 Å². The first kappa shape index (κ1) is 39.2. The van der Waals surface area contributed by atoms with E-state index in [0.717, 1.165) is 56.1 Å². The van der Waals surface area contributed by atoms with Crippen molar-refractivity contribution < 1.29 is 33.0 Å². The van der Waals surface area contributed by atoms with Crippen LogP contribution in [-0.2, 0) is 16.0 Å². The lowest BCUT2D eigenvalue weighted by atomic mass is 9.91. The number of ether oxygens (including phenoxy) is 3. The van der Waals surface area contributed by atoms with Gasteiger partial charge in [0.15, 0.2) is 5.82 Å². The Hall–Kier alpha value is -5.31. The van der Waals surface area contributed by atoms with E-state index in [2.05, 4.69) is 22.0 Å². The van der Waals surface area contributed by atoms with Gasteiger partial charge in [0.2, 0.25) is 5.91 Å². The molecule has 6 aliphatic heterocycles. The van der Waals surface area contributed by atoms with Crippen molar-refractivity contribution >= 4 is 45.6 Å². The van der Waals surface area contributed by atoms with Crippen molar-refractivity contribution in [1.29, 1.82) is 0 Å². The largest absolute Gasteiger partial charge is 0.461 e. The third kappa shape index (κ3) is 7.46. The summed E-state index contributed by atoms with van der Waals surface area (Å²) in [4.78, 5) is 61.6. The van der Waals surface area contributed by atoms with Crippen LogP contribution in [0.4, 0.5) is 19.8 Å². The molecular weight excluding hydrogens is 756 g/mol. The molecule has 15 heteroatoms. The number of carbonyl (C=O) groups is 3. The summed E-state index contributed by atoms with van der Waals surface area (Å²) in [6.45, 7) is 8.57. The molecule has 4 atom stereocenters. The van der Waals surface area contributed by atoms with Gasteiger partial charge in [-0.2, -0.15) is 9.97 Å². The third-order valence-electron chi connectivity index (χ3n) is 13.1. The van der Waals surface area contributed by atoms with Crippen molar-refractivity contribution in [1.82, 2.24) is 35.0 Å². The molecule has 8 heterocycles. The van der Waals surface area contributed by atoms with Gasteiger partial charge in [-0.05, 0) is 99.2 Å². The Morgan fingerprint density at radius 1 is 1.08 bits per heavy atom. The van der Waals surface area contributed by atoms with E-state index >= 15 is 4.39 Å². The fourth-order valence-corrected chi connectivity index (χ4v) is 10.4. The van der Waals surface area contributed by atoms with Crippen molar-refractivity contribution in [3.63, 3.8) is 0 Å². The van der Waals surface area contributed by atoms with Crippen molar-refractivity contribution in [2.24, 2.45) is 11.8 Å². The van der Waals surface area contributed by atoms with Crippen molar-refractivity contribution in [2.45, 2.75) is 76.3 Å². The van der Waals surface area contributed by atoms with E-state index in [1.165, 1.54) is 9.80 Å². The number of nitrogens with zero attached hydrogens (tertiary/aromatic N) is 7. The van der Waals surface area contributed by atoms with Crippen LogP contribution in [0, 0.1) is 17.7 Å². The number of carbonyl (C=O) groups excluding carboxylic acids is 3. The van der Waals surface area contributed by atoms with Crippen molar-refractivity contribution in [3.05, 3.63) is 47.9 Å². The Morgan fingerprint density at radius 3 is 2.78 bits per heavy atom. The molecule has 2 aromatic heterocycles. The number of rotatable bonds is 5. The Kier molecular flexibility index (Phi) is 10.2. The molecule has 6 bridgehead atoms. The fourth-order valence-electron chi connectivity index (χ4n) is 10.4. The van der Waals surface area contributed by atoms with Gasteiger partial charge in [-0.3, -0.25) is 14.7 Å². The standard InChI is InChI=1S/C44H53FN8O6/c1-27-21-44(14-8-16-53(44)23-27)26-58-40-47-37-33-22-46-36(35(37)45)32-20-31(59-42(56)51-17-12-30(24-51)39(54)50(3)4)19-29-10-5-9-28(34(29)32)11-6-18-57-41(55)49-43(2)13-7-15-52(25-43)38(33)48-40/h5,9-10,19-20,22,27,30H,6-8,11-18,21,23-26H2,1-4H3,(H,49,55)/t27-,30?,43-,44+/m1/s1. The highest BCUT2D eigenvalue weighted by atomic mass is 19.1. The minimum atomic E-state index is -0.643. The number of hydrogen-bond acceptors (Lipinski definition) is 11. The number of amides is 3. The van der Waals surface area contributed by atoms with Crippen LogP contribution in [0.15, 0.2) is 36.5 Å². The van der Waals surface area contributed by atoms with E-state index < -0.39 is 23.5 Å². The average molecular weight is 809 g/mol. The van der Waals surface area contributed by atoms with Gasteiger partial charge in [-0.1, -0.05) is 25.1 Å². The first-order valence-electron chi connectivity index (χ1n) is 21.1. The molecule has 0 spiro atoms. The Labute approximate surface area is 343 Å². The number of aromatic nitrogens is 3. The van der Waals surface area contributed by atoms with E-state index in [4.69, 9.17) is 29.2 Å². The number of aryl methyl sites for hydroxylation is 1. The minimum Gasteiger partial charge on any atom is -0.461 e. The molecule has 4 fully saturated rings. The quantitative estimate of drug-likeness (QED) is 0.247. The predicted molar refractivity (Wildman–Crippen MR) is 220 cm³/mol. The Bertz CT molecular complexity index is 2330. The molecule has 10 rings (SSSR count). The summed E-state index contributed by atoms with van der Waals surface area (Å²) in [5.41, 5.74) is 0.699. The predicted octanol–water partition coefficient (Wildman–Crippen LogP) is 6.18. The monoisotopic (exact) mass is 808 g/mol. The van der Waals surface area contributed by atoms with E-state index in [1.54, 1.807) is 32.4 Å². The molecule has 2 aromatic carbocycles. The van der Waals surface area contributed by atoms with Gasteiger partial charge in [0.05, 0.1) is 29.0 Å². The molecule has 1 N–H and O–H groups in total. The summed E-state index contributed by atoms with van der Waals surface area (Å²) in [6.07, 6.45) is 6.76. The molecule has 6 aliphatic rings. The number of hydrogen-bond donors (Lipinski definition) is 1. The molecule has 312 valence electrons. The van der Waals surface area contributed by atoms with Gasteiger partial charge in [0, 0.05) is 58.6 Å². The SMILES string of the molecule is C[C@H]1CN2CCC[C@@]2(COc2nc3c4cnc(c(F)c4n2)-c2cc(OC(=O)N4CCC(C(=O)N(C)C)C4)cc4cccc(c24)CCCOC(=O)N[C@]2(C)CCCN3C2)C1. The van der Waals surface area contributed by atoms with Gasteiger partial charge in [-0.15, -0.1) is 0 Å². The number of benzene rings is 2. The summed E-state index contributed by atoms with van der Waals surface area (Å²) in [5.74, 6) is 0.272. The molecule has 59 heavy (non-hydrogen) atoms. The second-order valence-corrected chi connectivity index (χ2v) is 17.9. The van der Waals surface area contributed by atoms with Gasteiger partial charge >= 0.3 is 18.2 Å².